The van der Waals surface area contributed by atoms with Crippen LogP contribution in [0.5, 0.6) is 5.75 Å². The van der Waals surface area contributed by atoms with E-state index in [2.05, 4.69) is 25.5 Å². The molecule has 3 N–H and O–H groups in total. The fraction of sp³-hybridized carbons (Fsp3) is 0.370. The number of aromatic nitrogens is 2. The molecule has 2 aliphatic rings. The molecule has 1 fully saturated rings. The van der Waals surface area contributed by atoms with Crippen LogP contribution in [0.25, 0.3) is 0 Å². The zero-order chi connectivity index (χ0) is 29.3. The van der Waals surface area contributed by atoms with Crippen LogP contribution in [-0.4, -0.2) is 67.3 Å². The van der Waals surface area contributed by atoms with Gasteiger partial charge >= 0.3 is 6.18 Å². The minimum Gasteiger partial charge on any atom is -0.494 e. The number of piperazine rings is 1. The van der Waals surface area contributed by atoms with E-state index in [1.165, 1.54) is 23.4 Å². The second-order valence-corrected chi connectivity index (χ2v) is 9.38. The van der Waals surface area contributed by atoms with E-state index in [0.29, 0.717) is 49.4 Å². The molecule has 0 spiro atoms. The summed E-state index contributed by atoms with van der Waals surface area (Å²) in [5, 5.41) is 7.12. The number of fused-ring (bicyclic) bond motifs is 1. The van der Waals surface area contributed by atoms with Crippen molar-refractivity contribution in [1.29, 1.82) is 0 Å². The molecule has 1 aromatic heterocycles. The maximum atomic E-state index is 14.0. The van der Waals surface area contributed by atoms with Crippen LogP contribution in [0.3, 0.4) is 0 Å². The van der Waals surface area contributed by atoms with Gasteiger partial charge in [0, 0.05) is 50.7 Å². The van der Waals surface area contributed by atoms with Crippen molar-refractivity contribution >= 4 is 34.7 Å². The molecule has 0 saturated carbocycles. The maximum Gasteiger partial charge on any atom is 0.421 e. The number of ether oxygens (including phenoxy) is 1. The quantitative estimate of drug-likeness (QED) is 0.336. The molecule has 3 aromatic rings. The second-order valence-electron chi connectivity index (χ2n) is 9.38. The molecule has 2 aliphatic heterocycles. The van der Waals surface area contributed by atoms with Crippen LogP contribution < -0.4 is 25.6 Å². The molecule has 40 heavy (non-hydrogen) atoms. The number of alkyl halides is 4. The van der Waals surface area contributed by atoms with E-state index in [1.54, 1.807) is 31.2 Å². The average molecular weight is 561 g/mol. The van der Waals surface area contributed by atoms with Crippen molar-refractivity contribution in [3.8, 4) is 5.75 Å². The first-order valence-corrected chi connectivity index (χ1v) is 12.8. The van der Waals surface area contributed by atoms with Crippen molar-refractivity contribution in [1.82, 2.24) is 20.2 Å². The largest absolute Gasteiger partial charge is 0.494 e. The smallest absolute Gasteiger partial charge is 0.421 e. The van der Waals surface area contributed by atoms with Gasteiger partial charge < -0.3 is 30.5 Å². The van der Waals surface area contributed by atoms with Gasteiger partial charge in [-0.05, 0) is 30.7 Å². The number of methoxy groups -OCH3 is 1. The summed E-state index contributed by atoms with van der Waals surface area (Å²) in [5.74, 6) is -0.706. The number of anilines is 5. The standard InChI is InChI=1S/C27H29F4N7O2/c1-16-18-4-3-5-21(23(18)25(39)38(16)11-8-28)34-24-19(27(29,30)31)15-33-26(36-24)35-20-7-6-17(14-22(20)40-2)37-12-9-32-10-13-37/h3-7,14-16,32H,8-13H2,1-2H3,(H2,33,34,35,36)/i/hD. The molecule has 1 unspecified atom stereocenters. The average Bonchev–Trinajstić information content (AvgIpc) is 3.19. The van der Waals surface area contributed by atoms with Gasteiger partial charge in [0.2, 0.25) is 5.95 Å². The first kappa shape index (κ1) is 26.1. The predicted molar refractivity (Wildman–Crippen MR) is 144 cm³/mol. The van der Waals surface area contributed by atoms with Crippen LogP contribution >= 0.6 is 0 Å². The molecule has 5 rings (SSSR count). The predicted octanol–water partition coefficient (Wildman–Crippen LogP) is 4.89. The Morgan fingerprint density at radius 3 is 2.65 bits per heavy atom. The Hall–Kier alpha value is -4.13. The van der Waals surface area contributed by atoms with Gasteiger partial charge in [0.15, 0.2) is 0 Å². The Kier molecular flexibility index (Phi) is 7.29. The van der Waals surface area contributed by atoms with Gasteiger partial charge in [0.25, 0.3) is 5.91 Å². The highest BCUT2D eigenvalue weighted by atomic mass is 19.4. The number of hydrogen-bond donors (Lipinski definition) is 3. The summed E-state index contributed by atoms with van der Waals surface area (Å²) in [5.41, 5.74) is 1.10. The molecule has 1 amide bonds. The van der Waals surface area contributed by atoms with Crippen molar-refractivity contribution in [2.45, 2.75) is 19.1 Å². The van der Waals surface area contributed by atoms with Crippen molar-refractivity contribution in [3.63, 3.8) is 0 Å². The van der Waals surface area contributed by atoms with E-state index in [0.717, 1.165) is 5.69 Å². The topological polar surface area (TPSA) is 94.6 Å². The molecule has 2 aromatic carbocycles. The monoisotopic (exact) mass is 560 g/mol. The lowest BCUT2D eigenvalue weighted by Gasteiger charge is -2.30. The summed E-state index contributed by atoms with van der Waals surface area (Å²) in [7, 11) is 1.48. The number of carbonyl (C=O) groups excluding carboxylic acids is 1. The molecule has 0 bridgehead atoms. The summed E-state index contributed by atoms with van der Waals surface area (Å²) in [4.78, 5) is 24.5. The van der Waals surface area contributed by atoms with Gasteiger partial charge in [-0.2, -0.15) is 18.2 Å². The third kappa shape index (κ3) is 5.33. The first-order chi connectivity index (χ1) is 19.6. The van der Waals surface area contributed by atoms with E-state index in [4.69, 9.17) is 6.15 Å². The molecule has 3 heterocycles. The van der Waals surface area contributed by atoms with Gasteiger partial charge in [0.05, 0.1) is 30.1 Å². The van der Waals surface area contributed by atoms with Crippen LogP contribution in [0.1, 0.15) is 34.5 Å². The fourth-order valence-electron chi connectivity index (χ4n) is 4.97. The normalized spacial score (nSPS) is 18.0. The maximum absolute atomic E-state index is 14.0. The lowest BCUT2D eigenvalue weighted by molar-refractivity contribution is -0.137. The Bertz CT molecular complexity index is 1430. The summed E-state index contributed by atoms with van der Waals surface area (Å²) in [6, 6.07) is 9.74. The summed E-state index contributed by atoms with van der Waals surface area (Å²) >= 11 is 0. The lowest BCUT2D eigenvalue weighted by Crippen LogP contribution is -2.43. The van der Waals surface area contributed by atoms with Crippen LogP contribution in [0, 0.1) is 0 Å². The Morgan fingerprint density at radius 2 is 1.95 bits per heavy atom. The van der Waals surface area contributed by atoms with Crippen molar-refractivity contribution in [2.24, 2.45) is 0 Å². The van der Waals surface area contributed by atoms with Gasteiger partial charge in [-0.15, -0.1) is 0 Å². The van der Waals surface area contributed by atoms with E-state index in [1.807, 2.05) is 6.07 Å². The lowest BCUT2D eigenvalue weighted by atomic mass is 10.0. The van der Waals surface area contributed by atoms with Crippen LogP contribution in [0.4, 0.5) is 46.4 Å². The summed E-state index contributed by atoms with van der Waals surface area (Å²) in [6.45, 7) is 3.42. The molecule has 0 aliphatic carbocycles. The van der Waals surface area contributed by atoms with E-state index >= 15 is 0 Å². The van der Waals surface area contributed by atoms with E-state index in [-0.39, 0.29) is 23.7 Å². The molecular weight excluding hydrogens is 530 g/mol. The molecule has 13 heteroatoms. The van der Waals surface area contributed by atoms with Gasteiger partial charge in [-0.1, -0.05) is 12.1 Å². The number of nitrogens with one attached hydrogen (secondary N) is 3. The van der Waals surface area contributed by atoms with Gasteiger partial charge in [0.1, 0.15) is 25.2 Å². The number of rotatable bonds is 8. The number of halogens is 4. The molecule has 212 valence electrons. The highest BCUT2D eigenvalue weighted by Crippen LogP contribution is 2.41. The van der Waals surface area contributed by atoms with Crippen LogP contribution in [0.2, 0.25) is 1.41 Å². The second kappa shape index (κ2) is 11.2. The van der Waals surface area contributed by atoms with Gasteiger partial charge in [-0.25, -0.2) is 9.37 Å². The highest BCUT2D eigenvalue weighted by Gasteiger charge is 2.38. The molecule has 1 saturated heterocycles. The third-order valence-electron chi connectivity index (χ3n) is 7.01. The number of benzene rings is 2. The highest BCUT2D eigenvalue weighted by molar-refractivity contribution is 6.04. The van der Waals surface area contributed by atoms with Gasteiger partial charge in [-0.3, -0.25) is 4.79 Å². The number of carbonyl (C=O) groups is 1. The molecule has 0 radical (unpaired) electrons. The zero-order valence-electron chi connectivity index (χ0n) is 22.9. The number of nitrogens with zero attached hydrogens (tertiary/aromatic N) is 4. The van der Waals surface area contributed by atoms with Crippen LogP contribution in [-0.2, 0) is 6.18 Å². The first-order valence-electron chi connectivity index (χ1n) is 13.2. The van der Waals surface area contributed by atoms with Crippen molar-refractivity contribution < 1.29 is 28.5 Å². The van der Waals surface area contributed by atoms with E-state index < -0.39 is 36.2 Å². The SMILES string of the molecule is [2H]N1CCN(c2ccc(Nc3ncc(C(F)(F)F)c(Nc4cccc5c4C(=O)N(CCF)C5C)n3)c(OC)c2)CC1. The fourth-order valence-corrected chi connectivity index (χ4v) is 4.97. The Morgan fingerprint density at radius 1 is 1.18 bits per heavy atom. The summed E-state index contributed by atoms with van der Waals surface area (Å²) < 4.78 is 68.2. The van der Waals surface area contributed by atoms with Crippen LogP contribution in [0.15, 0.2) is 42.6 Å². The van der Waals surface area contributed by atoms with Crippen molar-refractivity contribution in [3.05, 3.63) is 59.3 Å². The summed E-state index contributed by atoms with van der Waals surface area (Å²) in [6.07, 6.45) is -4.11. The molecule has 1 atom stereocenters. The molecular formula is C27H29F4N7O2. The zero-order valence-corrected chi connectivity index (χ0v) is 21.9. The Balaban J connectivity index is 1.45. The number of amides is 1. The Labute approximate surface area is 230 Å². The third-order valence-corrected chi connectivity index (χ3v) is 7.01. The number of hydrogen-bond acceptors (Lipinski definition) is 8. The molecule has 9 nitrogen and oxygen atoms in total. The van der Waals surface area contributed by atoms with Crippen molar-refractivity contribution in [2.75, 3.05) is 62.0 Å². The minimum atomic E-state index is -4.78. The van der Waals surface area contributed by atoms with E-state index in [9.17, 15) is 22.4 Å². The minimum absolute atomic E-state index is 0.120.